The second kappa shape index (κ2) is 24.5. The van der Waals surface area contributed by atoms with E-state index < -0.39 is 0 Å². The molecule has 0 atom stereocenters. The number of unbranched alkanes of at least 4 members (excludes halogenated alkanes) is 12. The van der Waals surface area contributed by atoms with E-state index in [4.69, 9.17) is 4.74 Å². The molecule has 2 nitrogen and oxygen atoms in total. The topological polar surface area (TPSA) is 26.3 Å². The highest BCUT2D eigenvalue weighted by Gasteiger charge is 2.02. The van der Waals surface area contributed by atoms with Gasteiger partial charge < -0.3 is 4.74 Å². The van der Waals surface area contributed by atoms with Crippen LogP contribution in [0.2, 0.25) is 0 Å². The summed E-state index contributed by atoms with van der Waals surface area (Å²) in [5.74, 6) is -0.0126. The predicted molar refractivity (Wildman–Crippen MR) is 127 cm³/mol. The zero-order chi connectivity index (χ0) is 20.5. The Hall–Kier alpha value is -0.570. The minimum absolute atomic E-state index is 0.0126. The summed E-state index contributed by atoms with van der Waals surface area (Å²) >= 11 is 3.43. The first-order valence-corrected chi connectivity index (χ1v) is 12.9. The maximum atomic E-state index is 11.6. The highest BCUT2D eigenvalue weighted by atomic mass is 79.9. The van der Waals surface area contributed by atoms with Crippen molar-refractivity contribution in [2.45, 2.75) is 116 Å². The Bertz CT molecular complexity index is 377. The minimum atomic E-state index is -0.0126. The first kappa shape index (κ1) is 27.4. The Balaban J connectivity index is 3.22. The lowest BCUT2D eigenvalue weighted by atomic mass is 10.1. The van der Waals surface area contributed by atoms with Crippen LogP contribution in [0.3, 0.4) is 0 Å². The molecule has 0 bridgehead atoms. The molecule has 0 spiro atoms. The molecule has 0 unspecified atom stereocenters. The fraction of sp³-hybridized carbons (Fsp3) is 0.800. The van der Waals surface area contributed by atoms with Gasteiger partial charge >= 0.3 is 5.97 Å². The molecule has 0 fully saturated rings. The van der Waals surface area contributed by atoms with Gasteiger partial charge in [0.05, 0.1) is 6.61 Å². The number of hydrogen-bond donors (Lipinski definition) is 0. The van der Waals surface area contributed by atoms with Crippen LogP contribution < -0.4 is 0 Å². The predicted octanol–water partition coefficient (Wildman–Crippen LogP) is 8.69. The van der Waals surface area contributed by atoms with Crippen molar-refractivity contribution in [3.8, 4) is 0 Å². The van der Waals surface area contributed by atoms with Crippen LogP contribution in [0, 0.1) is 0 Å². The average molecular weight is 458 g/mol. The second-order valence-corrected chi connectivity index (χ2v) is 8.45. The molecule has 0 saturated carbocycles. The number of carbonyl (C=O) groups is 1. The first-order chi connectivity index (χ1) is 13.8. The summed E-state index contributed by atoms with van der Waals surface area (Å²) in [4.78, 5) is 11.6. The molecule has 28 heavy (non-hydrogen) atoms. The number of alkyl halides is 1. The molecule has 0 heterocycles. The molecule has 0 N–H and O–H groups in total. The van der Waals surface area contributed by atoms with E-state index in [1.165, 1.54) is 77.0 Å². The number of ether oxygens (including phenoxy) is 1. The Morgan fingerprint density at radius 2 is 1.29 bits per heavy atom. The van der Waals surface area contributed by atoms with E-state index in [1.54, 1.807) is 0 Å². The number of esters is 1. The van der Waals surface area contributed by atoms with Gasteiger partial charge in [0.15, 0.2) is 0 Å². The van der Waals surface area contributed by atoms with Crippen LogP contribution in [-0.4, -0.2) is 17.9 Å². The molecule has 0 aromatic rings. The summed E-state index contributed by atoms with van der Waals surface area (Å²) < 4.78 is 5.30. The third-order valence-electron chi connectivity index (χ3n) is 4.87. The van der Waals surface area contributed by atoms with Gasteiger partial charge in [-0.15, -0.1) is 0 Å². The third kappa shape index (κ3) is 23.5. The molecule has 0 saturated heterocycles. The van der Waals surface area contributed by atoms with Gasteiger partial charge in [-0.3, -0.25) is 4.79 Å². The molecule has 0 aromatic heterocycles. The summed E-state index contributed by atoms with van der Waals surface area (Å²) in [6.45, 7) is 2.86. The molecule has 3 heteroatoms. The van der Waals surface area contributed by atoms with E-state index in [9.17, 15) is 4.79 Å². The number of allylic oxidation sites excluding steroid dienone is 4. The van der Waals surface area contributed by atoms with Crippen molar-refractivity contribution >= 4 is 21.9 Å². The Morgan fingerprint density at radius 3 is 1.96 bits per heavy atom. The van der Waals surface area contributed by atoms with Gasteiger partial charge in [0.25, 0.3) is 0 Å². The van der Waals surface area contributed by atoms with E-state index in [-0.39, 0.29) is 5.97 Å². The number of hydrogen-bond acceptors (Lipinski definition) is 2. The van der Waals surface area contributed by atoms with Crippen LogP contribution in [0.4, 0.5) is 0 Å². The van der Waals surface area contributed by atoms with Crippen LogP contribution in [-0.2, 0) is 9.53 Å². The average Bonchev–Trinajstić information content (AvgIpc) is 2.70. The largest absolute Gasteiger partial charge is 0.466 e. The normalized spacial score (nSPS) is 11.6. The van der Waals surface area contributed by atoms with Gasteiger partial charge in [0.2, 0.25) is 0 Å². The standard InChI is InChI=1S/C25H45BrO2/c1-2-3-4-5-6-7-8-9-10-11-12-13-14-15-18-21-24-28-25(27)22-19-16-17-20-23-26/h6-7,9-10H,2-5,8,11-24H2,1H3. The van der Waals surface area contributed by atoms with Crippen LogP contribution in [0.1, 0.15) is 116 Å². The third-order valence-corrected chi connectivity index (χ3v) is 5.43. The lowest BCUT2D eigenvalue weighted by Gasteiger charge is -2.05. The summed E-state index contributed by atoms with van der Waals surface area (Å²) in [7, 11) is 0. The van der Waals surface area contributed by atoms with Gasteiger partial charge in [0, 0.05) is 11.8 Å². The maximum absolute atomic E-state index is 11.6. The monoisotopic (exact) mass is 456 g/mol. The summed E-state index contributed by atoms with van der Waals surface area (Å²) in [5, 5.41) is 1.06. The van der Waals surface area contributed by atoms with E-state index in [0.29, 0.717) is 13.0 Å². The van der Waals surface area contributed by atoms with E-state index in [1.807, 2.05) is 0 Å². The van der Waals surface area contributed by atoms with Gasteiger partial charge in [-0.2, -0.15) is 0 Å². The Kier molecular flexibility index (Phi) is 24.0. The van der Waals surface area contributed by atoms with Crippen molar-refractivity contribution in [2.24, 2.45) is 0 Å². The van der Waals surface area contributed by atoms with Crippen molar-refractivity contribution in [3.05, 3.63) is 24.3 Å². The quantitative estimate of drug-likeness (QED) is 0.0746. The molecular formula is C25H45BrO2. The second-order valence-electron chi connectivity index (χ2n) is 7.66. The molecular weight excluding hydrogens is 412 g/mol. The minimum Gasteiger partial charge on any atom is -0.466 e. The zero-order valence-electron chi connectivity index (χ0n) is 18.4. The smallest absolute Gasteiger partial charge is 0.305 e. The molecule has 0 radical (unpaired) electrons. The van der Waals surface area contributed by atoms with Crippen molar-refractivity contribution in [3.63, 3.8) is 0 Å². The summed E-state index contributed by atoms with van der Waals surface area (Å²) in [5.41, 5.74) is 0. The number of halogens is 1. The van der Waals surface area contributed by atoms with Crippen molar-refractivity contribution in [2.75, 3.05) is 11.9 Å². The van der Waals surface area contributed by atoms with Gasteiger partial charge in [-0.1, -0.05) is 98.5 Å². The fourth-order valence-electron chi connectivity index (χ4n) is 3.07. The van der Waals surface area contributed by atoms with Gasteiger partial charge in [-0.25, -0.2) is 0 Å². The van der Waals surface area contributed by atoms with E-state index in [2.05, 4.69) is 47.2 Å². The molecule has 0 aliphatic heterocycles. The lowest BCUT2D eigenvalue weighted by Crippen LogP contribution is -2.05. The lowest BCUT2D eigenvalue weighted by molar-refractivity contribution is -0.143. The molecule has 0 aromatic carbocycles. The van der Waals surface area contributed by atoms with Crippen LogP contribution in [0.25, 0.3) is 0 Å². The van der Waals surface area contributed by atoms with Gasteiger partial charge in [-0.05, 0) is 51.4 Å². The first-order valence-electron chi connectivity index (χ1n) is 11.8. The SMILES string of the molecule is CCCCCC=CCC=CCCCCCCCCOC(=O)CCCCCCBr. The molecule has 0 rings (SSSR count). The number of rotatable bonds is 21. The van der Waals surface area contributed by atoms with E-state index >= 15 is 0 Å². The van der Waals surface area contributed by atoms with E-state index in [0.717, 1.165) is 31.0 Å². The molecule has 0 amide bonds. The van der Waals surface area contributed by atoms with Crippen LogP contribution in [0.15, 0.2) is 24.3 Å². The van der Waals surface area contributed by atoms with Crippen LogP contribution in [0.5, 0.6) is 0 Å². The molecule has 164 valence electrons. The van der Waals surface area contributed by atoms with Gasteiger partial charge in [0.1, 0.15) is 0 Å². The Labute approximate surface area is 183 Å². The highest BCUT2D eigenvalue weighted by Crippen LogP contribution is 2.09. The van der Waals surface area contributed by atoms with Crippen LogP contribution >= 0.6 is 15.9 Å². The Morgan fingerprint density at radius 1 is 0.714 bits per heavy atom. The van der Waals surface area contributed by atoms with Crippen molar-refractivity contribution in [1.82, 2.24) is 0 Å². The van der Waals surface area contributed by atoms with Crippen molar-refractivity contribution in [1.29, 1.82) is 0 Å². The number of carbonyl (C=O) groups excluding carboxylic acids is 1. The maximum Gasteiger partial charge on any atom is 0.305 e. The molecule has 0 aliphatic carbocycles. The summed E-state index contributed by atoms with van der Waals surface area (Å²) in [6, 6.07) is 0. The molecule has 0 aliphatic rings. The zero-order valence-corrected chi connectivity index (χ0v) is 20.0. The highest BCUT2D eigenvalue weighted by molar-refractivity contribution is 9.09. The summed E-state index contributed by atoms with van der Waals surface area (Å²) in [6.07, 6.45) is 29.2. The fourth-order valence-corrected chi connectivity index (χ4v) is 3.46. The van der Waals surface area contributed by atoms with Crippen molar-refractivity contribution < 1.29 is 9.53 Å².